The maximum atomic E-state index is 5.62. The topological polar surface area (TPSA) is 12.0 Å². The third-order valence-corrected chi connectivity index (χ3v) is 1.65. The van der Waals surface area contributed by atoms with E-state index in [2.05, 4.69) is 18.0 Å². The Kier molecular flexibility index (Phi) is 2.75. The van der Waals surface area contributed by atoms with Gasteiger partial charge in [0.15, 0.2) is 0 Å². The lowest BCUT2D eigenvalue weighted by atomic mass is 9.87. The molecule has 1 aliphatic heterocycles. The van der Waals surface area contributed by atoms with Crippen LogP contribution in [0.2, 0.25) is 0 Å². The maximum absolute atomic E-state index is 5.62. The van der Waals surface area contributed by atoms with Crippen molar-refractivity contribution in [2.45, 2.75) is 6.42 Å². The number of nitrogens with one attached hydrogen (secondary N) is 1. The molecule has 0 aromatic rings. The van der Waals surface area contributed by atoms with Gasteiger partial charge in [0.2, 0.25) is 0 Å². The van der Waals surface area contributed by atoms with Crippen LogP contribution in [-0.4, -0.2) is 20.9 Å². The first-order chi connectivity index (χ1) is 4.83. The van der Waals surface area contributed by atoms with Crippen LogP contribution in [0.25, 0.3) is 0 Å². The van der Waals surface area contributed by atoms with Crippen LogP contribution >= 0.6 is 0 Å². The van der Waals surface area contributed by atoms with E-state index in [-0.39, 0.29) is 0 Å². The zero-order valence-electron chi connectivity index (χ0n) is 6.14. The van der Waals surface area contributed by atoms with Gasteiger partial charge in [0.05, 0.1) is 0 Å². The van der Waals surface area contributed by atoms with Gasteiger partial charge in [-0.3, -0.25) is 0 Å². The van der Waals surface area contributed by atoms with E-state index in [1.54, 1.807) is 0 Å². The fourth-order valence-electron chi connectivity index (χ4n) is 1.19. The Morgan fingerprint density at radius 1 is 1.90 bits per heavy atom. The van der Waals surface area contributed by atoms with Crippen LogP contribution in [0, 0.1) is 5.92 Å². The summed E-state index contributed by atoms with van der Waals surface area (Å²) in [6.07, 6.45) is 5.08. The molecule has 0 saturated heterocycles. The third kappa shape index (κ3) is 2.03. The van der Waals surface area contributed by atoms with Gasteiger partial charge >= 0.3 is 0 Å². The Hall–Kier alpha value is -0.495. The first-order valence-corrected chi connectivity index (χ1v) is 3.60. The molecule has 0 bridgehead atoms. The summed E-state index contributed by atoms with van der Waals surface area (Å²) < 4.78 is 0. The molecule has 0 spiro atoms. The molecule has 0 aromatic carbocycles. The molecule has 0 fully saturated rings. The molecule has 2 radical (unpaired) electrons. The summed E-state index contributed by atoms with van der Waals surface area (Å²) in [4.78, 5) is 0. The van der Waals surface area contributed by atoms with E-state index in [4.69, 9.17) is 7.85 Å². The van der Waals surface area contributed by atoms with E-state index < -0.39 is 0 Å². The Balaban J connectivity index is 2.45. The first-order valence-electron chi connectivity index (χ1n) is 3.60. The van der Waals surface area contributed by atoms with Crippen molar-refractivity contribution in [1.82, 2.24) is 5.32 Å². The molecule has 0 aromatic heterocycles. The molecular weight excluding hydrogens is 121 g/mol. The lowest BCUT2D eigenvalue weighted by Gasteiger charge is -2.19. The predicted octanol–water partition coefficient (Wildman–Crippen LogP) is 0.834. The fraction of sp³-hybridized carbons (Fsp3) is 0.500. The van der Waals surface area contributed by atoms with Gasteiger partial charge in [-0.25, -0.2) is 0 Å². The average molecular weight is 133 g/mol. The second-order valence-corrected chi connectivity index (χ2v) is 2.66. The number of hydrogen-bond donors (Lipinski definition) is 1. The molecule has 1 N–H and O–H groups in total. The van der Waals surface area contributed by atoms with Crippen molar-refractivity contribution in [2.24, 2.45) is 5.92 Å². The third-order valence-electron chi connectivity index (χ3n) is 1.65. The van der Waals surface area contributed by atoms with E-state index in [0.717, 1.165) is 25.0 Å². The number of rotatable bonds is 2. The molecule has 1 nitrogen and oxygen atoms in total. The van der Waals surface area contributed by atoms with Crippen molar-refractivity contribution in [3.63, 3.8) is 0 Å². The van der Waals surface area contributed by atoms with Crippen LogP contribution in [-0.2, 0) is 0 Å². The highest BCUT2D eigenvalue weighted by atomic mass is 14.9. The number of allylic oxidation sites excluding steroid dienone is 1. The van der Waals surface area contributed by atoms with Crippen LogP contribution in [0.5, 0.6) is 0 Å². The van der Waals surface area contributed by atoms with Gasteiger partial charge in [0.1, 0.15) is 7.85 Å². The second-order valence-electron chi connectivity index (χ2n) is 2.66. The van der Waals surface area contributed by atoms with Crippen LogP contribution in [0.3, 0.4) is 0 Å². The SMILES string of the molecule is [B]C1=CC(CC=C)CNC1. The van der Waals surface area contributed by atoms with Gasteiger partial charge < -0.3 is 5.32 Å². The predicted molar refractivity (Wildman–Crippen MR) is 45.0 cm³/mol. The monoisotopic (exact) mass is 133 g/mol. The van der Waals surface area contributed by atoms with Gasteiger partial charge in [-0.05, 0) is 12.3 Å². The Morgan fingerprint density at radius 2 is 2.70 bits per heavy atom. The molecule has 2 heteroatoms. The Morgan fingerprint density at radius 3 is 3.30 bits per heavy atom. The minimum absolute atomic E-state index is 0.561. The normalized spacial score (nSPS) is 25.6. The summed E-state index contributed by atoms with van der Waals surface area (Å²) in [5, 5.41) is 3.23. The molecule has 1 unspecified atom stereocenters. The van der Waals surface area contributed by atoms with Gasteiger partial charge in [0.25, 0.3) is 0 Å². The summed E-state index contributed by atoms with van der Waals surface area (Å²) in [6, 6.07) is 0. The molecule has 1 aliphatic rings. The lowest BCUT2D eigenvalue weighted by Crippen LogP contribution is -2.28. The summed E-state index contributed by atoms with van der Waals surface area (Å²) in [5.41, 5.74) is 0.957. The van der Waals surface area contributed by atoms with Crippen LogP contribution < -0.4 is 5.32 Å². The fourth-order valence-corrected chi connectivity index (χ4v) is 1.19. The Bertz CT molecular complexity index is 151. The van der Waals surface area contributed by atoms with Crippen molar-refractivity contribution in [3.05, 3.63) is 24.2 Å². The van der Waals surface area contributed by atoms with Crippen molar-refractivity contribution in [2.75, 3.05) is 13.1 Å². The summed E-state index contributed by atoms with van der Waals surface area (Å²) in [6.45, 7) is 5.56. The van der Waals surface area contributed by atoms with Gasteiger partial charge in [-0.1, -0.05) is 12.2 Å². The van der Waals surface area contributed by atoms with Gasteiger partial charge in [-0.15, -0.1) is 12.1 Å². The Labute approximate surface area is 63.6 Å². The van der Waals surface area contributed by atoms with Crippen molar-refractivity contribution >= 4 is 7.85 Å². The first kappa shape index (κ1) is 7.61. The van der Waals surface area contributed by atoms with Gasteiger partial charge in [-0.2, -0.15) is 0 Å². The highest BCUT2D eigenvalue weighted by Gasteiger charge is 2.07. The molecule has 1 atom stereocenters. The molecule has 0 aliphatic carbocycles. The van der Waals surface area contributed by atoms with E-state index in [0.29, 0.717) is 5.92 Å². The second kappa shape index (κ2) is 3.62. The smallest absolute Gasteiger partial charge is 0.109 e. The highest BCUT2D eigenvalue weighted by Crippen LogP contribution is 2.09. The van der Waals surface area contributed by atoms with Crippen molar-refractivity contribution < 1.29 is 0 Å². The summed E-state index contributed by atoms with van der Waals surface area (Å²) in [5.74, 6) is 0.561. The average Bonchev–Trinajstić information content (AvgIpc) is 1.88. The molecule has 0 saturated carbocycles. The minimum atomic E-state index is 0.561. The van der Waals surface area contributed by atoms with Gasteiger partial charge in [0, 0.05) is 13.1 Å². The standard InChI is InChI=1S/C8H12BN/c1-2-3-7-4-8(9)6-10-5-7/h2,4,7,10H,1,3,5-6H2. The minimum Gasteiger partial charge on any atom is -0.313 e. The maximum Gasteiger partial charge on any atom is 0.109 e. The summed E-state index contributed by atoms with van der Waals surface area (Å²) >= 11 is 0. The van der Waals surface area contributed by atoms with Crippen LogP contribution in [0.4, 0.5) is 0 Å². The molecule has 1 heterocycles. The molecule has 10 heavy (non-hydrogen) atoms. The molecular formula is C8H12BN. The van der Waals surface area contributed by atoms with Crippen LogP contribution in [0.1, 0.15) is 6.42 Å². The van der Waals surface area contributed by atoms with Crippen molar-refractivity contribution in [3.8, 4) is 0 Å². The lowest BCUT2D eigenvalue weighted by molar-refractivity contribution is 0.559. The number of hydrogen-bond acceptors (Lipinski definition) is 1. The van der Waals surface area contributed by atoms with Crippen molar-refractivity contribution in [1.29, 1.82) is 0 Å². The van der Waals surface area contributed by atoms with E-state index in [1.807, 2.05) is 6.08 Å². The zero-order chi connectivity index (χ0) is 7.40. The molecule has 0 amide bonds. The van der Waals surface area contributed by atoms with E-state index in [1.165, 1.54) is 0 Å². The molecule has 1 rings (SSSR count). The van der Waals surface area contributed by atoms with E-state index >= 15 is 0 Å². The molecule has 52 valence electrons. The summed E-state index contributed by atoms with van der Waals surface area (Å²) in [7, 11) is 5.62. The van der Waals surface area contributed by atoms with Crippen LogP contribution in [0.15, 0.2) is 24.2 Å². The quantitative estimate of drug-likeness (QED) is 0.434. The zero-order valence-corrected chi connectivity index (χ0v) is 6.14. The largest absolute Gasteiger partial charge is 0.313 e. The highest BCUT2D eigenvalue weighted by molar-refractivity contribution is 6.21. The van der Waals surface area contributed by atoms with E-state index in [9.17, 15) is 0 Å².